The van der Waals surface area contributed by atoms with Gasteiger partial charge in [0.2, 0.25) is 27.7 Å². The Balaban J connectivity index is 1.12. The number of pyridine rings is 1. The number of allylic oxidation sites excluding steroid dienone is 1. The summed E-state index contributed by atoms with van der Waals surface area (Å²) in [6.07, 6.45) is 1.88. The zero-order chi connectivity index (χ0) is 47.1. The predicted molar refractivity (Wildman–Crippen MR) is 242 cm³/mol. The van der Waals surface area contributed by atoms with Crippen LogP contribution in [-0.2, 0) is 29.2 Å². The molecular weight excluding hydrogens is 900 g/mol. The molecular formula is C46H58F3N7O8S2. The van der Waals surface area contributed by atoms with Crippen LogP contribution in [0.4, 0.5) is 18.3 Å². The lowest BCUT2D eigenvalue weighted by Gasteiger charge is -2.34. The molecule has 3 aromatic rings. The third kappa shape index (κ3) is 10.3. The van der Waals surface area contributed by atoms with E-state index >= 15 is 0 Å². The molecule has 66 heavy (non-hydrogen) atoms. The molecule has 0 spiro atoms. The zero-order valence-corrected chi connectivity index (χ0v) is 39.3. The Labute approximate surface area is 386 Å². The van der Waals surface area contributed by atoms with E-state index in [1.54, 1.807) is 19.2 Å². The van der Waals surface area contributed by atoms with Gasteiger partial charge in [-0.05, 0) is 84.3 Å². The van der Waals surface area contributed by atoms with Gasteiger partial charge in [-0.15, -0.1) is 11.3 Å². The highest BCUT2D eigenvalue weighted by Crippen LogP contribution is 2.46. The number of anilines is 1. The Morgan fingerprint density at radius 1 is 1.03 bits per heavy atom. The summed E-state index contributed by atoms with van der Waals surface area (Å²) in [7, 11) is -2.40. The molecule has 0 radical (unpaired) electrons. The summed E-state index contributed by atoms with van der Waals surface area (Å²) >= 11 is 1.43. The van der Waals surface area contributed by atoms with E-state index in [1.165, 1.54) is 21.1 Å². The Kier molecular flexibility index (Phi) is 13.6. The topological polar surface area (TPSA) is 189 Å². The fourth-order valence-electron chi connectivity index (χ4n) is 9.49. The Morgan fingerprint density at radius 3 is 2.48 bits per heavy atom. The Morgan fingerprint density at radius 2 is 1.79 bits per heavy atom. The molecule has 4 fully saturated rings. The van der Waals surface area contributed by atoms with E-state index in [0.29, 0.717) is 77.4 Å². The molecule has 15 nitrogen and oxygen atoms in total. The lowest BCUT2D eigenvalue weighted by Crippen LogP contribution is -2.57. The van der Waals surface area contributed by atoms with Crippen molar-refractivity contribution in [2.24, 2.45) is 17.8 Å². The van der Waals surface area contributed by atoms with Crippen LogP contribution in [0.25, 0.3) is 22.3 Å². The van der Waals surface area contributed by atoms with E-state index in [-0.39, 0.29) is 57.8 Å². The number of hydrogen-bond acceptors (Lipinski definition) is 12. The van der Waals surface area contributed by atoms with Gasteiger partial charge in [0.25, 0.3) is 5.91 Å². The number of amides is 4. The summed E-state index contributed by atoms with van der Waals surface area (Å²) in [5, 5.41) is 8.77. The quantitative estimate of drug-likeness (QED) is 0.175. The number of methoxy groups -OCH3 is 1. The number of fused-ring (bicyclic) bond motifs is 3. The summed E-state index contributed by atoms with van der Waals surface area (Å²) in [4.78, 5) is 70.1. The Bertz CT molecular complexity index is 2490. The number of nitrogens with one attached hydrogen (secondary N) is 3. The molecule has 5 aliphatic rings. The molecule has 5 atom stereocenters. The SMILES string of the molecule is COc1ccc2c(O[C@@H]3C[C@H]4C(=O)NC5(C(=O)NS(=O)(=O)C6CC6)C[C@H]5/C=C\CCCCC[C@H](CC(=O)N5CCC(C(F)(F)F)CC5)C(=O)N4C3)cc(-c3csc(NC(C)C)n3)nc2c1C. The van der Waals surface area contributed by atoms with Crippen LogP contribution in [-0.4, -0.2) is 114 Å². The molecule has 8 rings (SSSR count). The molecule has 2 saturated carbocycles. The first-order chi connectivity index (χ1) is 31.4. The van der Waals surface area contributed by atoms with Crippen LogP contribution < -0.4 is 24.8 Å². The second-order valence-electron chi connectivity index (χ2n) is 18.7. The van der Waals surface area contributed by atoms with E-state index in [2.05, 4.69) is 15.4 Å². The van der Waals surface area contributed by atoms with Crippen molar-refractivity contribution in [2.45, 2.75) is 133 Å². The maximum absolute atomic E-state index is 15.0. The molecule has 2 aromatic heterocycles. The first-order valence-electron chi connectivity index (χ1n) is 22.9. The number of carbonyl (C=O) groups excluding carboxylic acids is 4. The number of aromatic nitrogens is 2. The maximum Gasteiger partial charge on any atom is 0.391 e. The van der Waals surface area contributed by atoms with Gasteiger partial charge in [0.15, 0.2) is 5.13 Å². The summed E-state index contributed by atoms with van der Waals surface area (Å²) in [5.41, 5.74) is 0.881. The van der Waals surface area contributed by atoms with Crippen LogP contribution in [0, 0.1) is 24.7 Å². The number of rotatable bonds is 11. The number of carbonyl (C=O) groups is 4. The van der Waals surface area contributed by atoms with Gasteiger partial charge in [0, 0.05) is 66.2 Å². The van der Waals surface area contributed by atoms with Crippen molar-refractivity contribution in [3.63, 3.8) is 0 Å². The van der Waals surface area contributed by atoms with Gasteiger partial charge in [-0.2, -0.15) is 13.2 Å². The normalized spacial score (nSPS) is 26.2. The number of benzene rings is 1. The fraction of sp³-hybridized carbons (Fsp3) is 0.609. The van der Waals surface area contributed by atoms with Gasteiger partial charge in [-0.1, -0.05) is 25.0 Å². The third-order valence-electron chi connectivity index (χ3n) is 13.5. The van der Waals surface area contributed by atoms with Crippen LogP contribution >= 0.6 is 11.3 Å². The highest BCUT2D eigenvalue weighted by atomic mass is 32.2. The molecule has 1 unspecified atom stereocenters. The average molecular weight is 958 g/mol. The highest BCUT2D eigenvalue weighted by Gasteiger charge is 2.62. The standard InChI is InChI=1S/C46H58F3N7O8S2/c1-26(2)50-44-52-35(25-65-44)34-22-38(33-14-15-37(63-4)27(3)40(33)51-34)64-31-21-36-41(58)53-45(43(60)54-66(61,62)32-12-13-32)23-30(45)11-9-7-5-6-8-10-28(42(59)56(36)24-31)20-39(57)55-18-16-29(17-19-55)46(47,48)49/h9,11,14-15,22,25-26,28-32,36H,5-8,10,12-13,16-21,23-24H2,1-4H3,(H,50,52)(H,53,58)(H,54,60)/b11-9-/t28-,30-,31-,36+,45?/m1/s1. The number of ether oxygens (including phenoxy) is 2. The predicted octanol–water partition coefficient (Wildman–Crippen LogP) is 6.65. The Hall–Kier alpha value is -4.98. The molecule has 1 aromatic carbocycles. The maximum atomic E-state index is 15.0. The summed E-state index contributed by atoms with van der Waals surface area (Å²) in [6, 6.07) is 4.34. The summed E-state index contributed by atoms with van der Waals surface area (Å²) in [6.45, 7) is 5.67. The number of nitrogens with zero attached hydrogens (tertiary/aromatic N) is 4. The molecule has 2 aliphatic carbocycles. The molecule has 2 saturated heterocycles. The molecule has 3 aliphatic heterocycles. The van der Waals surface area contributed by atoms with Crippen molar-refractivity contribution in [2.75, 3.05) is 32.1 Å². The van der Waals surface area contributed by atoms with Gasteiger partial charge in [-0.25, -0.2) is 18.4 Å². The van der Waals surface area contributed by atoms with Crippen molar-refractivity contribution >= 4 is 61.0 Å². The number of thiazole rings is 1. The van der Waals surface area contributed by atoms with E-state index in [1.807, 2.05) is 44.4 Å². The summed E-state index contributed by atoms with van der Waals surface area (Å²) in [5.74, 6) is -4.29. The van der Waals surface area contributed by atoms with E-state index in [0.717, 1.165) is 12.0 Å². The molecule has 358 valence electrons. The minimum Gasteiger partial charge on any atom is -0.496 e. The molecule has 3 N–H and O–H groups in total. The van der Waals surface area contributed by atoms with Crippen LogP contribution in [0.5, 0.6) is 11.5 Å². The highest BCUT2D eigenvalue weighted by molar-refractivity contribution is 7.91. The monoisotopic (exact) mass is 957 g/mol. The third-order valence-corrected chi connectivity index (χ3v) is 16.1. The molecule has 0 bridgehead atoms. The van der Waals surface area contributed by atoms with E-state index < -0.39 is 80.5 Å². The zero-order valence-electron chi connectivity index (χ0n) is 37.6. The number of likely N-dealkylation sites (tertiary alicyclic amines) is 1. The second kappa shape index (κ2) is 19.0. The molecule has 5 heterocycles. The van der Waals surface area contributed by atoms with Crippen LogP contribution in [0.15, 0.2) is 35.7 Å². The lowest BCUT2D eigenvalue weighted by molar-refractivity contribution is -0.186. The number of alkyl halides is 3. The van der Waals surface area contributed by atoms with Gasteiger partial charge < -0.3 is 29.9 Å². The van der Waals surface area contributed by atoms with Crippen LogP contribution in [0.1, 0.15) is 96.5 Å². The van der Waals surface area contributed by atoms with Crippen molar-refractivity contribution in [3.8, 4) is 22.9 Å². The number of piperidine rings is 1. The van der Waals surface area contributed by atoms with Crippen molar-refractivity contribution in [1.82, 2.24) is 29.8 Å². The van der Waals surface area contributed by atoms with E-state index in [9.17, 15) is 40.8 Å². The first-order valence-corrected chi connectivity index (χ1v) is 25.4. The van der Waals surface area contributed by atoms with Crippen molar-refractivity contribution < 1.29 is 50.2 Å². The largest absolute Gasteiger partial charge is 0.496 e. The van der Waals surface area contributed by atoms with Gasteiger partial charge in [0.1, 0.15) is 34.9 Å². The van der Waals surface area contributed by atoms with Crippen molar-refractivity contribution in [1.29, 1.82) is 0 Å². The number of halogens is 3. The minimum atomic E-state index is -4.36. The van der Waals surface area contributed by atoms with Crippen molar-refractivity contribution in [3.05, 3.63) is 41.3 Å². The smallest absolute Gasteiger partial charge is 0.391 e. The second-order valence-corrected chi connectivity index (χ2v) is 21.5. The number of sulfonamides is 1. The average Bonchev–Trinajstić information content (AvgIpc) is 4.16. The fourth-order valence-corrected chi connectivity index (χ4v) is 11.7. The number of hydrogen-bond donors (Lipinski definition) is 3. The van der Waals surface area contributed by atoms with Crippen LogP contribution in [0.2, 0.25) is 0 Å². The summed E-state index contributed by atoms with van der Waals surface area (Å²) < 4.78 is 81.2. The van der Waals surface area contributed by atoms with Gasteiger partial charge in [0.05, 0.1) is 36.0 Å². The lowest BCUT2D eigenvalue weighted by atomic mass is 9.92. The van der Waals surface area contributed by atoms with Crippen LogP contribution in [0.3, 0.4) is 0 Å². The van der Waals surface area contributed by atoms with Gasteiger partial charge >= 0.3 is 6.18 Å². The number of aryl methyl sites for hydroxylation is 1. The first kappa shape index (κ1) is 47.5. The van der Waals surface area contributed by atoms with Gasteiger partial charge in [-0.3, -0.25) is 23.9 Å². The molecule has 4 amide bonds. The molecule has 20 heteroatoms. The van der Waals surface area contributed by atoms with E-state index in [4.69, 9.17) is 19.4 Å². The minimum absolute atomic E-state index is 0.0186.